The lowest BCUT2D eigenvalue weighted by molar-refractivity contribution is 0.0698. The summed E-state index contributed by atoms with van der Waals surface area (Å²) in [6.07, 6.45) is -0.0805. The molecule has 1 atom stereocenters. The van der Waals surface area contributed by atoms with Crippen molar-refractivity contribution in [1.82, 2.24) is 5.32 Å². The monoisotopic (exact) mass is 272 g/mol. The van der Waals surface area contributed by atoms with Crippen LogP contribution in [0.15, 0.2) is 11.4 Å². The first-order valence-electron chi connectivity index (χ1n) is 5.51. The van der Waals surface area contributed by atoms with E-state index >= 15 is 0 Å². The van der Waals surface area contributed by atoms with Crippen LogP contribution in [0.2, 0.25) is 0 Å². The van der Waals surface area contributed by atoms with Gasteiger partial charge in [-0.25, -0.2) is 9.59 Å². The van der Waals surface area contributed by atoms with Gasteiger partial charge in [0.15, 0.2) is 0 Å². The zero-order valence-electron chi connectivity index (χ0n) is 10.2. The van der Waals surface area contributed by atoms with Crippen molar-refractivity contribution in [1.29, 1.82) is 0 Å². The Morgan fingerprint density at radius 2 is 2.28 bits per heavy atom. The van der Waals surface area contributed by atoms with Crippen molar-refractivity contribution >= 4 is 28.3 Å². The maximum absolute atomic E-state index is 11.5. The lowest BCUT2D eigenvalue weighted by atomic mass is 10.3. The minimum atomic E-state index is -1.06. The molecule has 1 heterocycles. The number of anilines is 1. The van der Waals surface area contributed by atoms with E-state index in [9.17, 15) is 9.59 Å². The number of aromatic carboxylic acids is 1. The van der Waals surface area contributed by atoms with Crippen LogP contribution < -0.4 is 10.6 Å². The van der Waals surface area contributed by atoms with E-state index in [0.717, 1.165) is 0 Å². The summed E-state index contributed by atoms with van der Waals surface area (Å²) in [7, 11) is 0. The number of rotatable bonds is 6. The number of carboxylic acid groups (broad SMARTS) is 1. The number of nitrogens with one attached hydrogen (secondary N) is 2. The highest BCUT2D eigenvalue weighted by atomic mass is 32.1. The Morgan fingerprint density at radius 3 is 2.89 bits per heavy atom. The van der Waals surface area contributed by atoms with Crippen molar-refractivity contribution in [3.63, 3.8) is 0 Å². The van der Waals surface area contributed by atoms with E-state index in [1.165, 1.54) is 17.4 Å². The molecule has 0 aliphatic rings. The highest BCUT2D eigenvalue weighted by Crippen LogP contribution is 2.22. The van der Waals surface area contributed by atoms with Gasteiger partial charge in [0.1, 0.15) is 5.00 Å². The molecule has 100 valence electrons. The third-order valence-electron chi connectivity index (χ3n) is 2.12. The number of carbonyl (C=O) groups is 2. The van der Waals surface area contributed by atoms with Gasteiger partial charge < -0.3 is 15.2 Å². The lowest BCUT2D eigenvalue weighted by Gasteiger charge is -2.12. The van der Waals surface area contributed by atoms with Gasteiger partial charge in [-0.2, -0.15) is 0 Å². The van der Waals surface area contributed by atoms with Crippen molar-refractivity contribution < 1.29 is 19.4 Å². The summed E-state index contributed by atoms with van der Waals surface area (Å²) in [5.41, 5.74) is 0.0907. The normalized spacial score (nSPS) is 11.9. The summed E-state index contributed by atoms with van der Waals surface area (Å²) < 4.78 is 5.26. The molecule has 7 heteroatoms. The fourth-order valence-corrected chi connectivity index (χ4v) is 2.08. The number of amides is 2. The van der Waals surface area contributed by atoms with E-state index < -0.39 is 12.0 Å². The molecule has 1 aromatic rings. The van der Waals surface area contributed by atoms with Crippen LogP contribution in [0.3, 0.4) is 0 Å². The van der Waals surface area contributed by atoms with E-state index in [-0.39, 0.29) is 11.7 Å². The Hall–Kier alpha value is -1.60. The van der Waals surface area contributed by atoms with Crippen molar-refractivity contribution in [2.45, 2.75) is 20.0 Å². The molecule has 0 radical (unpaired) electrons. The molecule has 1 unspecified atom stereocenters. The summed E-state index contributed by atoms with van der Waals surface area (Å²) in [5.74, 6) is -1.06. The van der Waals surface area contributed by atoms with Crippen LogP contribution in [0.5, 0.6) is 0 Å². The Labute approximate surface area is 109 Å². The molecular formula is C11H16N2O4S. The molecule has 6 nitrogen and oxygen atoms in total. The van der Waals surface area contributed by atoms with Crippen LogP contribution in [-0.4, -0.2) is 36.4 Å². The highest BCUT2D eigenvalue weighted by molar-refractivity contribution is 7.14. The van der Waals surface area contributed by atoms with Gasteiger partial charge in [-0.15, -0.1) is 11.3 Å². The second kappa shape index (κ2) is 6.97. The fourth-order valence-electron chi connectivity index (χ4n) is 1.30. The topological polar surface area (TPSA) is 87.7 Å². The molecule has 0 saturated carbocycles. The van der Waals surface area contributed by atoms with E-state index in [1.54, 1.807) is 5.38 Å². The smallest absolute Gasteiger partial charge is 0.338 e. The van der Waals surface area contributed by atoms with Crippen molar-refractivity contribution in [2.24, 2.45) is 0 Å². The second-order valence-electron chi connectivity index (χ2n) is 3.57. The van der Waals surface area contributed by atoms with E-state index in [0.29, 0.717) is 18.2 Å². The summed E-state index contributed by atoms with van der Waals surface area (Å²) in [4.78, 5) is 22.4. The van der Waals surface area contributed by atoms with Crippen LogP contribution in [0.4, 0.5) is 9.80 Å². The maximum Gasteiger partial charge on any atom is 0.338 e. The summed E-state index contributed by atoms with van der Waals surface area (Å²) in [6, 6.07) is 1.01. The van der Waals surface area contributed by atoms with Crippen LogP contribution in [0.1, 0.15) is 24.2 Å². The summed E-state index contributed by atoms with van der Waals surface area (Å²) >= 11 is 1.17. The van der Waals surface area contributed by atoms with Crippen molar-refractivity contribution in [2.75, 3.05) is 18.5 Å². The van der Waals surface area contributed by atoms with Crippen LogP contribution in [0.25, 0.3) is 0 Å². The fraction of sp³-hybridized carbons (Fsp3) is 0.455. The van der Waals surface area contributed by atoms with E-state index in [1.807, 2.05) is 13.8 Å². The molecule has 0 bridgehead atoms. The maximum atomic E-state index is 11.5. The summed E-state index contributed by atoms with van der Waals surface area (Å²) in [5, 5.41) is 15.9. The van der Waals surface area contributed by atoms with Crippen molar-refractivity contribution in [3.05, 3.63) is 17.0 Å². The highest BCUT2D eigenvalue weighted by Gasteiger charge is 2.13. The zero-order chi connectivity index (χ0) is 13.5. The zero-order valence-corrected chi connectivity index (χ0v) is 11.0. The van der Waals surface area contributed by atoms with Crippen LogP contribution >= 0.6 is 11.3 Å². The minimum Gasteiger partial charge on any atom is -0.478 e. The van der Waals surface area contributed by atoms with Gasteiger partial charge in [-0.1, -0.05) is 0 Å². The van der Waals surface area contributed by atoms with Gasteiger partial charge in [0, 0.05) is 13.2 Å². The van der Waals surface area contributed by atoms with Gasteiger partial charge in [0.05, 0.1) is 11.7 Å². The molecule has 1 aromatic heterocycles. The van der Waals surface area contributed by atoms with E-state index in [2.05, 4.69) is 10.6 Å². The van der Waals surface area contributed by atoms with Crippen molar-refractivity contribution in [3.8, 4) is 0 Å². The van der Waals surface area contributed by atoms with Gasteiger partial charge in [-0.05, 0) is 25.3 Å². The molecule has 2 amide bonds. The summed E-state index contributed by atoms with van der Waals surface area (Å²) in [6.45, 7) is 4.67. The third-order valence-corrected chi connectivity index (χ3v) is 2.95. The Kier molecular flexibility index (Phi) is 5.60. The van der Waals surface area contributed by atoms with E-state index in [4.69, 9.17) is 9.84 Å². The Morgan fingerprint density at radius 1 is 1.56 bits per heavy atom. The first-order valence-corrected chi connectivity index (χ1v) is 6.39. The van der Waals surface area contributed by atoms with Gasteiger partial charge >= 0.3 is 12.0 Å². The average Bonchev–Trinajstić information content (AvgIpc) is 2.75. The predicted octanol–water partition coefficient (Wildman–Crippen LogP) is 1.99. The minimum absolute atomic E-state index is 0.0805. The average molecular weight is 272 g/mol. The number of hydrogen-bond donors (Lipinski definition) is 3. The molecule has 0 aromatic carbocycles. The third kappa shape index (κ3) is 4.34. The number of carbonyl (C=O) groups excluding carboxylic acids is 1. The number of carboxylic acids is 1. The van der Waals surface area contributed by atoms with Crippen LogP contribution in [-0.2, 0) is 4.74 Å². The standard InChI is InChI=1S/C11H16N2O4S/c1-3-17-7(2)6-12-11(16)13-9-8(10(14)15)4-5-18-9/h4-5,7H,3,6H2,1-2H3,(H,14,15)(H2,12,13,16). The predicted molar refractivity (Wildman–Crippen MR) is 69.4 cm³/mol. The molecule has 3 N–H and O–H groups in total. The Bertz CT molecular complexity index is 419. The molecule has 0 aliphatic carbocycles. The molecule has 18 heavy (non-hydrogen) atoms. The van der Waals surface area contributed by atoms with Gasteiger partial charge in [0.25, 0.3) is 0 Å². The first kappa shape index (κ1) is 14.5. The SMILES string of the molecule is CCOC(C)CNC(=O)Nc1sccc1C(=O)O. The molecular weight excluding hydrogens is 256 g/mol. The molecule has 0 aliphatic heterocycles. The lowest BCUT2D eigenvalue weighted by Crippen LogP contribution is -2.35. The first-order chi connectivity index (χ1) is 8.54. The number of urea groups is 1. The second-order valence-corrected chi connectivity index (χ2v) is 4.49. The quantitative estimate of drug-likeness (QED) is 0.739. The number of ether oxygens (including phenoxy) is 1. The van der Waals surface area contributed by atoms with Gasteiger partial charge in [0.2, 0.25) is 0 Å². The Balaban J connectivity index is 2.45. The number of hydrogen-bond acceptors (Lipinski definition) is 4. The van der Waals surface area contributed by atoms with Crippen LogP contribution in [0, 0.1) is 0 Å². The molecule has 0 fully saturated rings. The number of thiophene rings is 1. The largest absolute Gasteiger partial charge is 0.478 e. The van der Waals surface area contributed by atoms with Gasteiger partial charge in [-0.3, -0.25) is 5.32 Å². The molecule has 0 spiro atoms. The molecule has 0 saturated heterocycles. The molecule has 1 rings (SSSR count).